The first-order valence-electron chi connectivity index (χ1n) is 7.62. The smallest absolute Gasteiger partial charge is 0.137 e. The quantitative estimate of drug-likeness (QED) is 0.810. The van der Waals surface area contributed by atoms with Crippen LogP contribution in [-0.4, -0.2) is 32.3 Å². The third kappa shape index (κ3) is 4.93. The average Bonchev–Trinajstić information content (AvgIpc) is 2.99. The third-order valence-corrected chi connectivity index (χ3v) is 3.86. The van der Waals surface area contributed by atoms with E-state index in [4.69, 9.17) is 0 Å². The number of aryl methyl sites for hydroxylation is 1. The van der Waals surface area contributed by atoms with E-state index >= 15 is 0 Å². The summed E-state index contributed by atoms with van der Waals surface area (Å²) in [5.41, 5.74) is 1.31. The number of hydrogen-bond acceptors (Lipinski definition) is 4. The highest BCUT2D eigenvalue weighted by atomic mass is 15.3. The van der Waals surface area contributed by atoms with E-state index in [1.807, 2.05) is 23.1 Å². The molecule has 2 aromatic rings. The van der Waals surface area contributed by atoms with Crippen molar-refractivity contribution in [1.82, 2.24) is 25.1 Å². The Hall–Kier alpha value is -1.75. The van der Waals surface area contributed by atoms with Crippen molar-refractivity contribution in [2.24, 2.45) is 5.92 Å². The Morgan fingerprint density at radius 2 is 2.10 bits per heavy atom. The van der Waals surface area contributed by atoms with Gasteiger partial charge in [-0.05, 0) is 30.9 Å². The molecule has 21 heavy (non-hydrogen) atoms. The van der Waals surface area contributed by atoms with Crippen molar-refractivity contribution in [2.45, 2.75) is 45.7 Å². The zero-order chi connectivity index (χ0) is 15.1. The lowest BCUT2D eigenvalue weighted by molar-refractivity contribution is 0.403. The molecule has 1 N–H and O–H groups in total. The highest BCUT2D eigenvalue weighted by molar-refractivity contribution is 5.15. The molecule has 0 fully saturated rings. The van der Waals surface area contributed by atoms with Gasteiger partial charge < -0.3 is 5.32 Å². The second-order valence-corrected chi connectivity index (χ2v) is 5.89. The Balaban J connectivity index is 1.81. The topological polar surface area (TPSA) is 55.6 Å². The van der Waals surface area contributed by atoms with Crippen molar-refractivity contribution in [3.05, 3.63) is 42.7 Å². The average molecular weight is 287 g/mol. The number of nitrogens with zero attached hydrogens (tertiary/aromatic N) is 4. The monoisotopic (exact) mass is 287 g/mol. The molecule has 2 rings (SSSR count). The molecule has 0 unspecified atom stereocenters. The minimum absolute atomic E-state index is 0.451. The highest BCUT2D eigenvalue weighted by Crippen LogP contribution is 2.22. The molecule has 2 atom stereocenters. The van der Waals surface area contributed by atoms with E-state index in [0.717, 1.165) is 19.5 Å². The second kappa shape index (κ2) is 7.88. The van der Waals surface area contributed by atoms with Crippen LogP contribution in [0.25, 0.3) is 0 Å². The van der Waals surface area contributed by atoms with Crippen molar-refractivity contribution in [3.63, 3.8) is 0 Å². The fourth-order valence-electron chi connectivity index (χ4n) is 2.44. The maximum atomic E-state index is 4.24. The Morgan fingerprint density at radius 1 is 1.24 bits per heavy atom. The first-order chi connectivity index (χ1) is 10.2. The molecule has 0 radical (unpaired) electrons. The lowest BCUT2D eigenvalue weighted by atomic mass is 9.89. The van der Waals surface area contributed by atoms with Crippen molar-refractivity contribution >= 4 is 0 Å². The first-order valence-corrected chi connectivity index (χ1v) is 7.62. The summed E-state index contributed by atoms with van der Waals surface area (Å²) in [6.45, 7) is 8.62. The van der Waals surface area contributed by atoms with Crippen LogP contribution in [0.5, 0.6) is 0 Å². The number of aromatic nitrogens is 4. The van der Waals surface area contributed by atoms with Crippen molar-refractivity contribution in [3.8, 4) is 0 Å². The Bertz CT molecular complexity index is 495. The minimum atomic E-state index is 0.451. The largest absolute Gasteiger partial charge is 0.314 e. The molecule has 114 valence electrons. The normalized spacial score (nSPS) is 14.3. The van der Waals surface area contributed by atoms with Gasteiger partial charge in [0.05, 0.1) is 0 Å². The molecule has 0 aliphatic rings. The molecule has 0 amide bonds. The Labute approximate surface area is 126 Å². The fraction of sp³-hybridized carbons (Fsp3) is 0.562. The molecule has 0 bridgehead atoms. The molecule has 0 saturated carbocycles. The van der Waals surface area contributed by atoms with E-state index in [-0.39, 0.29) is 0 Å². The van der Waals surface area contributed by atoms with E-state index in [1.54, 1.807) is 12.7 Å². The van der Waals surface area contributed by atoms with Crippen LogP contribution >= 0.6 is 0 Å². The van der Waals surface area contributed by atoms with Crippen LogP contribution < -0.4 is 5.32 Å². The molecule has 0 saturated heterocycles. The summed E-state index contributed by atoms with van der Waals surface area (Å²) >= 11 is 0. The molecule has 0 aliphatic heterocycles. The summed E-state index contributed by atoms with van der Waals surface area (Å²) in [6.07, 6.45) is 8.19. The van der Waals surface area contributed by atoms with Crippen LogP contribution in [0.1, 0.15) is 38.7 Å². The third-order valence-electron chi connectivity index (χ3n) is 3.86. The van der Waals surface area contributed by atoms with Gasteiger partial charge in [-0.2, -0.15) is 5.10 Å². The van der Waals surface area contributed by atoms with Gasteiger partial charge >= 0.3 is 0 Å². The van der Waals surface area contributed by atoms with Gasteiger partial charge in [0.2, 0.25) is 0 Å². The highest BCUT2D eigenvalue weighted by Gasteiger charge is 2.16. The summed E-state index contributed by atoms with van der Waals surface area (Å²) in [7, 11) is 0. The summed E-state index contributed by atoms with van der Waals surface area (Å²) < 4.78 is 1.87. The van der Waals surface area contributed by atoms with E-state index in [1.165, 1.54) is 5.56 Å². The number of hydrogen-bond donors (Lipinski definition) is 1. The van der Waals surface area contributed by atoms with Gasteiger partial charge in [0, 0.05) is 37.4 Å². The number of nitrogens with one attached hydrogen (secondary N) is 1. The summed E-state index contributed by atoms with van der Waals surface area (Å²) in [4.78, 5) is 8.20. The number of rotatable bonds is 8. The molecule has 0 aromatic carbocycles. The molecule has 0 aliphatic carbocycles. The lowest BCUT2D eigenvalue weighted by Crippen LogP contribution is -2.33. The number of pyridine rings is 1. The van der Waals surface area contributed by atoms with Gasteiger partial charge in [0.15, 0.2) is 0 Å². The SMILES string of the molecule is CC(C)[C@H](CN[C@H](C)CCn1cncn1)c1cccnc1. The zero-order valence-electron chi connectivity index (χ0n) is 13.1. The second-order valence-electron chi connectivity index (χ2n) is 5.89. The van der Waals surface area contributed by atoms with Crippen LogP contribution in [0.4, 0.5) is 0 Å². The molecule has 2 aromatic heterocycles. The Morgan fingerprint density at radius 3 is 2.71 bits per heavy atom. The van der Waals surface area contributed by atoms with Crippen molar-refractivity contribution < 1.29 is 0 Å². The van der Waals surface area contributed by atoms with Crippen molar-refractivity contribution in [2.75, 3.05) is 6.54 Å². The van der Waals surface area contributed by atoms with Crippen molar-refractivity contribution in [1.29, 1.82) is 0 Å². The summed E-state index contributed by atoms with van der Waals surface area (Å²) in [5, 5.41) is 7.76. The van der Waals surface area contributed by atoms with Crippen LogP contribution in [0.3, 0.4) is 0 Å². The van der Waals surface area contributed by atoms with E-state index < -0.39 is 0 Å². The minimum Gasteiger partial charge on any atom is -0.314 e. The molecule has 5 nitrogen and oxygen atoms in total. The molecule has 0 spiro atoms. The van der Waals surface area contributed by atoms with E-state index in [2.05, 4.69) is 47.2 Å². The van der Waals surface area contributed by atoms with Gasteiger partial charge in [-0.25, -0.2) is 4.98 Å². The van der Waals surface area contributed by atoms with Gasteiger partial charge in [0.25, 0.3) is 0 Å². The maximum absolute atomic E-state index is 4.24. The molecule has 5 heteroatoms. The lowest BCUT2D eigenvalue weighted by Gasteiger charge is -2.24. The van der Waals surface area contributed by atoms with Crippen LogP contribution in [0.2, 0.25) is 0 Å². The van der Waals surface area contributed by atoms with E-state index in [9.17, 15) is 0 Å². The zero-order valence-corrected chi connectivity index (χ0v) is 13.1. The van der Waals surface area contributed by atoms with Crippen LogP contribution in [0.15, 0.2) is 37.2 Å². The van der Waals surface area contributed by atoms with E-state index in [0.29, 0.717) is 17.9 Å². The molecular weight excluding hydrogens is 262 g/mol. The van der Waals surface area contributed by atoms with Gasteiger partial charge in [0.1, 0.15) is 12.7 Å². The predicted octanol–water partition coefficient (Wildman–Crippen LogP) is 2.48. The Kier molecular flexibility index (Phi) is 5.87. The molecule has 2 heterocycles. The summed E-state index contributed by atoms with van der Waals surface area (Å²) in [5.74, 6) is 1.08. The fourth-order valence-corrected chi connectivity index (χ4v) is 2.44. The standard InChI is InChI=1S/C16H25N5/c1-13(2)16(15-5-4-7-17-9-15)10-19-14(3)6-8-21-12-18-11-20-21/h4-5,7,9,11-14,16,19H,6,8,10H2,1-3H3/t14-,16+/m1/s1. The first kappa shape index (κ1) is 15.6. The maximum Gasteiger partial charge on any atom is 0.137 e. The van der Waals surface area contributed by atoms with Gasteiger partial charge in [-0.3, -0.25) is 9.67 Å². The van der Waals surface area contributed by atoms with Crippen LogP contribution in [-0.2, 0) is 6.54 Å². The van der Waals surface area contributed by atoms with Gasteiger partial charge in [-0.15, -0.1) is 0 Å². The predicted molar refractivity (Wildman–Crippen MR) is 83.9 cm³/mol. The summed E-state index contributed by atoms with van der Waals surface area (Å²) in [6, 6.07) is 4.63. The van der Waals surface area contributed by atoms with Gasteiger partial charge in [-0.1, -0.05) is 19.9 Å². The molecular formula is C16H25N5. The van der Waals surface area contributed by atoms with Crippen LogP contribution in [0, 0.1) is 5.92 Å².